The Hall–Kier alpha value is -1.11. The number of aromatic nitrogens is 1. The lowest BCUT2D eigenvalue weighted by Crippen LogP contribution is -1.88. The molecular formula is C8H5IN2O2. The first-order valence-corrected chi connectivity index (χ1v) is 4.68. The van der Waals surface area contributed by atoms with Crippen LogP contribution < -0.4 is 0 Å². The molecule has 1 heterocycles. The minimum absolute atomic E-state index is 0.125. The van der Waals surface area contributed by atoms with E-state index in [4.69, 9.17) is 0 Å². The van der Waals surface area contributed by atoms with Crippen LogP contribution in [0.3, 0.4) is 0 Å². The minimum Gasteiger partial charge on any atom is -0.344 e. The molecule has 0 saturated carbocycles. The largest absolute Gasteiger partial charge is 0.344 e. The number of H-pyrrole nitrogens is 1. The Morgan fingerprint density at radius 2 is 2.23 bits per heavy atom. The predicted octanol–water partition coefficient (Wildman–Crippen LogP) is 2.68. The number of benzene rings is 1. The quantitative estimate of drug-likeness (QED) is 0.498. The van der Waals surface area contributed by atoms with Crippen molar-refractivity contribution in [2.24, 2.45) is 0 Å². The molecule has 0 aliphatic carbocycles. The van der Waals surface area contributed by atoms with Crippen LogP contribution in [0, 0.1) is 13.8 Å². The van der Waals surface area contributed by atoms with Crippen molar-refractivity contribution in [1.82, 2.24) is 4.98 Å². The van der Waals surface area contributed by atoms with Crippen molar-refractivity contribution in [3.05, 3.63) is 38.1 Å². The van der Waals surface area contributed by atoms with E-state index in [9.17, 15) is 10.1 Å². The van der Waals surface area contributed by atoms with E-state index in [1.807, 2.05) is 12.1 Å². The zero-order chi connectivity index (χ0) is 9.42. The maximum Gasteiger partial charge on any atom is 0.293 e. The Labute approximate surface area is 87.2 Å². The van der Waals surface area contributed by atoms with Crippen LogP contribution >= 0.6 is 22.6 Å². The number of nitrogens with zero attached hydrogens (tertiary/aromatic N) is 1. The lowest BCUT2D eigenvalue weighted by molar-refractivity contribution is -0.383. The number of nitrogens with one attached hydrogen (secondary N) is 1. The normalized spacial score (nSPS) is 10.5. The molecule has 4 nitrogen and oxygen atoms in total. The molecule has 0 aliphatic heterocycles. The highest BCUT2D eigenvalue weighted by Crippen LogP contribution is 2.25. The van der Waals surface area contributed by atoms with E-state index in [1.165, 1.54) is 6.07 Å². The second-order valence-electron chi connectivity index (χ2n) is 2.62. The molecule has 0 saturated heterocycles. The average Bonchev–Trinajstić information content (AvgIpc) is 2.43. The van der Waals surface area contributed by atoms with Crippen molar-refractivity contribution in [2.45, 2.75) is 0 Å². The number of para-hydroxylation sites is 1. The third-order valence-corrected chi connectivity index (χ3v) is 2.38. The van der Waals surface area contributed by atoms with Gasteiger partial charge in [-0.3, -0.25) is 10.1 Å². The molecule has 0 bridgehead atoms. The summed E-state index contributed by atoms with van der Waals surface area (Å²) < 4.78 is 0.905. The van der Waals surface area contributed by atoms with Gasteiger partial charge in [0.25, 0.3) is 5.69 Å². The van der Waals surface area contributed by atoms with Gasteiger partial charge in [-0.15, -0.1) is 0 Å². The Balaban J connectivity index is 2.82. The molecule has 2 aromatic rings. The van der Waals surface area contributed by atoms with Gasteiger partial charge in [0.05, 0.1) is 8.62 Å². The third-order valence-electron chi connectivity index (χ3n) is 1.80. The van der Waals surface area contributed by atoms with Gasteiger partial charge in [0.15, 0.2) is 0 Å². The van der Waals surface area contributed by atoms with E-state index in [0.29, 0.717) is 5.52 Å². The van der Waals surface area contributed by atoms with Crippen molar-refractivity contribution in [1.29, 1.82) is 0 Å². The Morgan fingerprint density at radius 3 is 2.92 bits per heavy atom. The van der Waals surface area contributed by atoms with Crippen LogP contribution in [0.2, 0.25) is 0 Å². The third kappa shape index (κ3) is 1.39. The molecule has 0 fully saturated rings. The van der Waals surface area contributed by atoms with Gasteiger partial charge in [-0.25, -0.2) is 0 Å². The number of nitro groups is 1. The van der Waals surface area contributed by atoms with E-state index in [1.54, 1.807) is 6.07 Å². The molecule has 1 aromatic heterocycles. The highest BCUT2D eigenvalue weighted by atomic mass is 127. The molecule has 13 heavy (non-hydrogen) atoms. The molecule has 1 aromatic carbocycles. The lowest BCUT2D eigenvalue weighted by Gasteiger charge is -1.91. The Kier molecular flexibility index (Phi) is 1.95. The highest BCUT2D eigenvalue weighted by Gasteiger charge is 2.12. The molecule has 1 N–H and O–H groups in total. The van der Waals surface area contributed by atoms with E-state index in [2.05, 4.69) is 27.6 Å². The second-order valence-corrected chi connectivity index (χ2v) is 3.78. The number of aromatic amines is 1. The number of fused-ring (bicyclic) bond motifs is 1. The van der Waals surface area contributed by atoms with Gasteiger partial charge in [-0.2, -0.15) is 0 Å². The second kappa shape index (κ2) is 2.99. The summed E-state index contributed by atoms with van der Waals surface area (Å²) in [6, 6.07) is 6.91. The summed E-state index contributed by atoms with van der Waals surface area (Å²) in [4.78, 5) is 13.2. The number of halogens is 1. The lowest BCUT2D eigenvalue weighted by atomic mass is 10.2. The van der Waals surface area contributed by atoms with Crippen LogP contribution in [-0.2, 0) is 0 Å². The van der Waals surface area contributed by atoms with E-state index in [0.717, 1.165) is 9.09 Å². The van der Waals surface area contributed by atoms with Crippen LogP contribution in [-0.4, -0.2) is 9.91 Å². The molecule has 5 heteroatoms. The van der Waals surface area contributed by atoms with E-state index in [-0.39, 0.29) is 10.6 Å². The summed E-state index contributed by atoms with van der Waals surface area (Å²) in [5.41, 5.74) is 0.720. The zero-order valence-electron chi connectivity index (χ0n) is 6.45. The summed E-state index contributed by atoms with van der Waals surface area (Å²) in [5, 5.41) is 11.5. The van der Waals surface area contributed by atoms with Crippen LogP contribution in [0.25, 0.3) is 10.9 Å². The molecule has 0 atom stereocenters. The SMILES string of the molecule is O=[N+]([O-])c1cccc2cc(I)[nH]c12. The standard InChI is InChI=1S/C8H5IN2O2/c9-7-4-5-2-1-3-6(11(12)13)8(5)10-7/h1-4,10H. The fourth-order valence-electron chi connectivity index (χ4n) is 1.26. The van der Waals surface area contributed by atoms with E-state index >= 15 is 0 Å². The van der Waals surface area contributed by atoms with Gasteiger partial charge in [0, 0.05) is 11.5 Å². The first-order chi connectivity index (χ1) is 6.18. The van der Waals surface area contributed by atoms with E-state index < -0.39 is 0 Å². The predicted molar refractivity (Wildman–Crippen MR) is 57.7 cm³/mol. The number of hydrogen-bond donors (Lipinski definition) is 1. The topological polar surface area (TPSA) is 58.9 Å². The van der Waals surface area contributed by atoms with Crippen molar-refractivity contribution in [3.63, 3.8) is 0 Å². The smallest absolute Gasteiger partial charge is 0.293 e. The maximum atomic E-state index is 10.6. The number of hydrogen-bond acceptors (Lipinski definition) is 2. The Bertz CT molecular complexity index is 478. The average molecular weight is 288 g/mol. The summed E-state index contributed by atoms with van der Waals surface area (Å²) >= 11 is 2.09. The summed E-state index contributed by atoms with van der Waals surface area (Å²) in [7, 11) is 0. The Morgan fingerprint density at radius 1 is 1.46 bits per heavy atom. The summed E-state index contributed by atoms with van der Waals surface area (Å²) in [5.74, 6) is 0. The maximum absolute atomic E-state index is 10.6. The van der Waals surface area contributed by atoms with Crippen molar-refractivity contribution in [3.8, 4) is 0 Å². The summed E-state index contributed by atoms with van der Waals surface area (Å²) in [6.07, 6.45) is 0. The van der Waals surface area contributed by atoms with Crippen molar-refractivity contribution >= 4 is 39.2 Å². The number of non-ortho nitro benzene ring substituents is 1. The molecule has 0 unspecified atom stereocenters. The monoisotopic (exact) mass is 288 g/mol. The first-order valence-electron chi connectivity index (χ1n) is 3.60. The molecule has 0 spiro atoms. The molecule has 0 aliphatic rings. The highest BCUT2D eigenvalue weighted by molar-refractivity contribution is 14.1. The minimum atomic E-state index is -0.380. The van der Waals surface area contributed by atoms with Gasteiger partial charge in [0.2, 0.25) is 0 Å². The molecule has 0 radical (unpaired) electrons. The van der Waals surface area contributed by atoms with Gasteiger partial charge in [-0.1, -0.05) is 12.1 Å². The number of rotatable bonds is 1. The molecule has 0 amide bonds. The van der Waals surface area contributed by atoms with Gasteiger partial charge >= 0.3 is 0 Å². The summed E-state index contributed by atoms with van der Waals surface area (Å²) in [6.45, 7) is 0. The molecular weight excluding hydrogens is 283 g/mol. The first kappa shape index (κ1) is 8.49. The van der Waals surface area contributed by atoms with Crippen LogP contribution in [0.5, 0.6) is 0 Å². The van der Waals surface area contributed by atoms with Crippen LogP contribution in [0.4, 0.5) is 5.69 Å². The van der Waals surface area contributed by atoms with Crippen molar-refractivity contribution in [2.75, 3.05) is 0 Å². The molecule has 2 rings (SSSR count). The van der Waals surface area contributed by atoms with Crippen molar-refractivity contribution < 1.29 is 4.92 Å². The van der Waals surface area contributed by atoms with Gasteiger partial charge in [-0.05, 0) is 28.7 Å². The zero-order valence-corrected chi connectivity index (χ0v) is 8.61. The van der Waals surface area contributed by atoms with Gasteiger partial charge in [0.1, 0.15) is 5.52 Å². The van der Waals surface area contributed by atoms with Gasteiger partial charge < -0.3 is 4.98 Å². The fourth-order valence-corrected chi connectivity index (χ4v) is 1.86. The van der Waals surface area contributed by atoms with Crippen LogP contribution in [0.15, 0.2) is 24.3 Å². The fraction of sp³-hybridized carbons (Fsp3) is 0. The van der Waals surface area contributed by atoms with Crippen LogP contribution in [0.1, 0.15) is 0 Å². The molecule has 66 valence electrons. The number of nitro benzene ring substituents is 1.